The topological polar surface area (TPSA) is 104 Å². The van der Waals surface area contributed by atoms with Crippen molar-refractivity contribution in [1.29, 1.82) is 0 Å². The lowest BCUT2D eigenvalue weighted by molar-refractivity contribution is -0.384. The zero-order chi connectivity index (χ0) is 23.8. The summed E-state index contributed by atoms with van der Waals surface area (Å²) in [6, 6.07) is 17.1. The van der Waals surface area contributed by atoms with Crippen LogP contribution in [-0.2, 0) is 0 Å². The first-order chi connectivity index (χ1) is 16.4. The van der Waals surface area contributed by atoms with Crippen LogP contribution >= 0.6 is 0 Å². The zero-order valence-corrected chi connectivity index (χ0v) is 18.6. The lowest BCUT2D eigenvalue weighted by atomic mass is 9.91. The third-order valence-electron chi connectivity index (χ3n) is 6.92. The molecule has 2 aliphatic heterocycles. The van der Waals surface area contributed by atoms with Crippen molar-refractivity contribution in [3.05, 3.63) is 87.5 Å². The van der Waals surface area contributed by atoms with Gasteiger partial charge < -0.3 is 10.0 Å². The van der Waals surface area contributed by atoms with Crippen LogP contribution in [0.25, 0.3) is 10.8 Å². The molecule has 0 aliphatic carbocycles. The van der Waals surface area contributed by atoms with Gasteiger partial charge in [0.2, 0.25) is 0 Å². The van der Waals surface area contributed by atoms with Gasteiger partial charge in [0.1, 0.15) is 0 Å². The minimum Gasteiger partial charge on any atom is -0.387 e. The summed E-state index contributed by atoms with van der Waals surface area (Å²) in [6.45, 7) is 2.32. The molecule has 0 bridgehead atoms. The first-order valence-electron chi connectivity index (χ1n) is 11.4. The number of carbonyl (C=O) groups excluding carboxylic acids is 2. The van der Waals surface area contributed by atoms with Gasteiger partial charge in [0.15, 0.2) is 0 Å². The fourth-order valence-electron chi connectivity index (χ4n) is 5.02. The number of nitro benzene ring substituents is 1. The Morgan fingerprint density at radius 2 is 1.53 bits per heavy atom. The molecule has 5 rings (SSSR count). The number of hydrogen-bond acceptors (Lipinski definition) is 6. The van der Waals surface area contributed by atoms with Gasteiger partial charge in [-0.1, -0.05) is 24.3 Å². The molecule has 2 heterocycles. The first kappa shape index (κ1) is 22.2. The van der Waals surface area contributed by atoms with Gasteiger partial charge >= 0.3 is 0 Å². The van der Waals surface area contributed by atoms with Gasteiger partial charge in [-0.2, -0.15) is 0 Å². The van der Waals surface area contributed by atoms with Crippen LogP contribution in [-0.4, -0.2) is 57.8 Å². The molecule has 8 nitrogen and oxygen atoms in total. The van der Waals surface area contributed by atoms with Crippen molar-refractivity contribution in [3.63, 3.8) is 0 Å². The van der Waals surface area contributed by atoms with Gasteiger partial charge in [-0.3, -0.25) is 24.6 Å². The maximum Gasteiger partial charge on any atom is 0.269 e. The Hall–Kier alpha value is -3.62. The Morgan fingerprint density at radius 3 is 2.09 bits per heavy atom. The van der Waals surface area contributed by atoms with Gasteiger partial charge in [0.05, 0.1) is 11.0 Å². The Morgan fingerprint density at radius 1 is 0.941 bits per heavy atom. The van der Waals surface area contributed by atoms with E-state index < -0.39 is 11.0 Å². The number of amides is 2. The third kappa shape index (κ3) is 4.06. The largest absolute Gasteiger partial charge is 0.387 e. The van der Waals surface area contributed by atoms with Crippen LogP contribution in [0.5, 0.6) is 0 Å². The summed E-state index contributed by atoms with van der Waals surface area (Å²) >= 11 is 0. The standard InChI is InChI=1S/C26H25N3O5/c30-23(18-7-9-20(10-8-18)29(33)34)16-27-13-11-17(12-14-27)15-28-25(31)21-5-1-3-19-4-2-6-22(24(19)21)26(28)32/h1-10,17,23,30H,11-16H2/t23-/m1/s1. The minimum absolute atomic E-state index is 0.00238. The summed E-state index contributed by atoms with van der Waals surface area (Å²) in [4.78, 5) is 40.2. The highest BCUT2D eigenvalue weighted by molar-refractivity contribution is 6.25. The van der Waals surface area contributed by atoms with E-state index in [-0.39, 0.29) is 23.4 Å². The Labute approximate surface area is 196 Å². The predicted octanol–water partition coefficient (Wildman–Crippen LogP) is 3.79. The van der Waals surface area contributed by atoms with Crippen molar-refractivity contribution < 1.29 is 19.6 Å². The summed E-state index contributed by atoms with van der Waals surface area (Å²) in [7, 11) is 0. The number of nitrogens with zero attached hydrogens (tertiary/aromatic N) is 3. The molecule has 1 saturated heterocycles. The fraction of sp³-hybridized carbons (Fsp3) is 0.308. The average molecular weight is 460 g/mol. The van der Waals surface area contributed by atoms with Gasteiger partial charge in [0.25, 0.3) is 17.5 Å². The predicted molar refractivity (Wildman–Crippen MR) is 127 cm³/mol. The lowest BCUT2D eigenvalue weighted by Crippen LogP contribution is -2.46. The van der Waals surface area contributed by atoms with Crippen LogP contribution in [0.1, 0.15) is 45.2 Å². The van der Waals surface area contributed by atoms with E-state index in [1.54, 1.807) is 24.3 Å². The molecule has 3 aromatic rings. The van der Waals surface area contributed by atoms with Crippen LogP contribution in [0.4, 0.5) is 5.69 Å². The number of hydrogen-bond donors (Lipinski definition) is 1. The SMILES string of the molecule is O=C1c2cccc3cccc(c23)C(=O)N1CC1CCN(C[C@@H](O)c2ccc([N+](=O)[O-])cc2)CC1. The quantitative estimate of drug-likeness (QED) is 0.342. The minimum atomic E-state index is -0.736. The summed E-state index contributed by atoms with van der Waals surface area (Å²) in [6.07, 6.45) is 0.894. The van der Waals surface area contributed by atoms with E-state index in [9.17, 15) is 24.8 Å². The zero-order valence-electron chi connectivity index (χ0n) is 18.6. The second kappa shape index (κ2) is 8.96. The number of likely N-dealkylation sites (tertiary alicyclic amines) is 1. The number of aliphatic hydroxyl groups excluding tert-OH is 1. The number of carbonyl (C=O) groups is 2. The molecule has 2 aliphatic rings. The van der Waals surface area contributed by atoms with Crippen molar-refractivity contribution in [2.75, 3.05) is 26.2 Å². The summed E-state index contributed by atoms with van der Waals surface area (Å²) in [5, 5.41) is 23.0. The molecule has 174 valence electrons. The molecule has 0 radical (unpaired) electrons. The van der Waals surface area contributed by atoms with Crippen LogP contribution in [0.15, 0.2) is 60.7 Å². The monoisotopic (exact) mass is 459 g/mol. The summed E-state index contributed by atoms with van der Waals surface area (Å²) in [5.74, 6) is -0.263. The van der Waals surface area contributed by atoms with E-state index in [0.29, 0.717) is 29.8 Å². The maximum absolute atomic E-state index is 13.1. The molecule has 3 aromatic carbocycles. The normalized spacial score (nSPS) is 17.9. The molecule has 0 spiro atoms. The molecule has 0 unspecified atom stereocenters. The molecule has 8 heteroatoms. The van der Waals surface area contributed by atoms with Crippen LogP contribution < -0.4 is 0 Å². The Balaban J connectivity index is 1.20. The smallest absolute Gasteiger partial charge is 0.269 e. The third-order valence-corrected chi connectivity index (χ3v) is 6.92. The number of nitro groups is 1. The molecule has 1 N–H and O–H groups in total. The molecule has 34 heavy (non-hydrogen) atoms. The van der Waals surface area contributed by atoms with E-state index in [1.165, 1.54) is 17.0 Å². The van der Waals surface area contributed by atoms with Crippen molar-refractivity contribution in [2.24, 2.45) is 5.92 Å². The molecular formula is C26H25N3O5. The van der Waals surface area contributed by atoms with Crippen molar-refractivity contribution in [3.8, 4) is 0 Å². The summed E-state index contributed by atoms with van der Waals surface area (Å²) < 4.78 is 0. The highest BCUT2D eigenvalue weighted by atomic mass is 16.6. The Kier molecular flexibility index (Phi) is 5.85. The van der Waals surface area contributed by atoms with Crippen molar-refractivity contribution >= 4 is 28.3 Å². The number of non-ortho nitro benzene ring substituents is 1. The highest BCUT2D eigenvalue weighted by Crippen LogP contribution is 2.31. The summed E-state index contributed by atoms with van der Waals surface area (Å²) in [5.41, 5.74) is 1.80. The van der Waals surface area contributed by atoms with Gasteiger partial charge in [-0.05, 0) is 67.1 Å². The molecule has 0 aromatic heterocycles. The van der Waals surface area contributed by atoms with Gasteiger partial charge in [0, 0.05) is 41.7 Å². The van der Waals surface area contributed by atoms with Crippen molar-refractivity contribution in [1.82, 2.24) is 9.80 Å². The van der Waals surface area contributed by atoms with Crippen LogP contribution in [0.3, 0.4) is 0 Å². The van der Waals surface area contributed by atoms with E-state index in [4.69, 9.17) is 0 Å². The van der Waals surface area contributed by atoms with Crippen LogP contribution in [0.2, 0.25) is 0 Å². The Bertz CT molecular complexity index is 1210. The van der Waals surface area contributed by atoms with E-state index in [0.717, 1.165) is 36.7 Å². The number of β-amino-alcohol motifs (C(OH)–C–C–N with tert-alkyl or cyclic N) is 1. The number of rotatable bonds is 6. The molecule has 1 fully saturated rings. The number of imide groups is 1. The number of aliphatic hydroxyl groups is 1. The van der Waals surface area contributed by atoms with E-state index in [2.05, 4.69) is 4.90 Å². The molecule has 1 atom stereocenters. The second-order valence-electron chi connectivity index (χ2n) is 9.04. The molecular weight excluding hydrogens is 434 g/mol. The van der Waals surface area contributed by atoms with Crippen LogP contribution in [0, 0.1) is 16.0 Å². The van der Waals surface area contributed by atoms with Crippen molar-refractivity contribution in [2.45, 2.75) is 18.9 Å². The second-order valence-corrected chi connectivity index (χ2v) is 9.04. The highest BCUT2D eigenvalue weighted by Gasteiger charge is 2.35. The van der Waals surface area contributed by atoms with Gasteiger partial charge in [-0.15, -0.1) is 0 Å². The molecule has 2 amide bonds. The molecule has 0 saturated carbocycles. The van der Waals surface area contributed by atoms with E-state index in [1.807, 2.05) is 24.3 Å². The van der Waals surface area contributed by atoms with E-state index >= 15 is 0 Å². The average Bonchev–Trinajstić information content (AvgIpc) is 2.86. The first-order valence-corrected chi connectivity index (χ1v) is 11.4. The van der Waals surface area contributed by atoms with Gasteiger partial charge in [-0.25, -0.2) is 0 Å². The number of benzene rings is 3. The number of piperidine rings is 1. The fourth-order valence-corrected chi connectivity index (χ4v) is 5.02. The maximum atomic E-state index is 13.1. The lowest BCUT2D eigenvalue weighted by Gasteiger charge is -2.36.